The van der Waals surface area contributed by atoms with Crippen molar-refractivity contribution in [1.29, 1.82) is 0 Å². The van der Waals surface area contributed by atoms with Crippen LogP contribution < -0.4 is 4.90 Å². The summed E-state index contributed by atoms with van der Waals surface area (Å²) < 4.78 is 5.47. The van der Waals surface area contributed by atoms with E-state index < -0.39 is 0 Å². The van der Waals surface area contributed by atoms with Crippen LogP contribution in [0.25, 0.3) is 22.9 Å². The fourth-order valence-corrected chi connectivity index (χ4v) is 3.34. The summed E-state index contributed by atoms with van der Waals surface area (Å²) in [5, 5.41) is 2.53. The summed E-state index contributed by atoms with van der Waals surface area (Å²) in [5.74, 6) is 0. The Balaban J connectivity index is 0.00000196. The highest BCUT2D eigenvalue weighted by molar-refractivity contribution is 5.92. The number of anilines is 1. The minimum absolute atomic E-state index is 0. The van der Waals surface area contributed by atoms with Gasteiger partial charge >= 0.3 is 0 Å². The molecule has 0 N–H and O–H groups in total. The van der Waals surface area contributed by atoms with Gasteiger partial charge < -0.3 is 9.64 Å². The van der Waals surface area contributed by atoms with Crippen LogP contribution in [-0.4, -0.2) is 31.3 Å². The van der Waals surface area contributed by atoms with Gasteiger partial charge in [-0.05, 0) is 41.0 Å². The maximum absolute atomic E-state index is 5.47. The van der Waals surface area contributed by atoms with Crippen molar-refractivity contribution < 1.29 is 4.74 Å². The molecule has 2 aromatic carbocycles. The molecular formula is C22H23ClN2O. The van der Waals surface area contributed by atoms with Gasteiger partial charge in [0.2, 0.25) is 0 Å². The molecule has 2 heterocycles. The minimum Gasteiger partial charge on any atom is -0.378 e. The third kappa shape index (κ3) is 3.90. The number of rotatable bonds is 3. The number of pyridine rings is 1. The lowest BCUT2D eigenvalue weighted by molar-refractivity contribution is 0.122. The molecule has 26 heavy (non-hydrogen) atoms. The summed E-state index contributed by atoms with van der Waals surface area (Å²) in [6.45, 7) is 5.59. The fraction of sp³-hybridized carbons (Fsp3) is 0.227. The lowest BCUT2D eigenvalue weighted by Crippen LogP contribution is -2.36. The highest BCUT2D eigenvalue weighted by Crippen LogP contribution is 2.24. The number of halogens is 1. The van der Waals surface area contributed by atoms with Crippen molar-refractivity contribution in [2.45, 2.75) is 6.92 Å². The lowest BCUT2D eigenvalue weighted by Gasteiger charge is -2.30. The summed E-state index contributed by atoms with van der Waals surface area (Å²) in [5.41, 5.74) is 4.67. The summed E-state index contributed by atoms with van der Waals surface area (Å²) >= 11 is 0. The second-order valence-electron chi connectivity index (χ2n) is 6.40. The van der Waals surface area contributed by atoms with Gasteiger partial charge in [-0.25, -0.2) is 0 Å². The Morgan fingerprint density at radius 1 is 1.00 bits per heavy atom. The molecule has 3 aromatic rings. The van der Waals surface area contributed by atoms with E-state index >= 15 is 0 Å². The molecule has 0 aliphatic carbocycles. The van der Waals surface area contributed by atoms with Crippen LogP contribution in [0.2, 0.25) is 0 Å². The monoisotopic (exact) mass is 366 g/mol. The molecule has 0 bridgehead atoms. The second-order valence-corrected chi connectivity index (χ2v) is 6.40. The summed E-state index contributed by atoms with van der Waals surface area (Å²) in [4.78, 5) is 6.97. The smallest absolute Gasteiger partial charge is 0.0650 e. The van der Waals surface area contributed by atoms with Gasteiger partial charge in [-0.15, -0.1) is 12.4 Å². The molecule has 1 saturated heterocycles. The number of hydrogen-bond acceptors (Lipinski definition) is 3. The summed E-state index contributed by atoms with van der Waals surface area (Å²) in [6, 6.07) is 17.0. The maximum Gasteiger partial charge on any atom is 0.0650 e. The van der Waals surface area contributed by atoms with Crippen molar-refractivity contribution in [3.63, 3.8) is 0 Å². The first-order valence-corrected chi connectivity index (χ1v) is 8.76. The van der Waals surface area contributed by atoms with Crippen molar-refractivity contribution in [1.82, 2.24) is 4.98 Å². The molecular weight excluding hydrogens is 344 g/mol. The van der Waals surface area contributed by atoms with Crippen molar-refractivity contribution in [3.8, 4) is 0 Å². The first-order valence-electron chi connectivity index (χ1n) is 8.76. The van der Waals surface area contributed by atoms with Crippen LogP contribution in [0.4, 0.5) is 5.69 Å². The van der Waals surface area contributed by atoms with E-state index in [1.807, 2.05) is 6.20 Å². The number of hydrogen-bond donors (Lipinski definition) is 0. The molecule has 1 aliphatic rings. The fourth-order valence-electron chi connectivity index (χ4n) is 3.34. The molecule has 0 radical (unpaired) electrons. The average molecular weight is 367 g/mol. The van der Waals surface area contributed by atoms with Crippen LogP contribution >= 0.6 is 12.4 Å². The number of morpholine rings is 1. The molecule has 0 atom stereocenters. The van der Waals surface area contributed by atoms with Crippen LogP contribution in [-0.2, 0) is 4.74 Å². The highest BCUT2D eigenvalue weighted by Gasteiger charge is 2.13. The topological polar surface area (TPSA) is 25.4 Å². The zero-order valence-corrected chi connectivity index (χ0v) is 15.7. The molecule has 0 saturated carbocycles. The van der Waals surface area contributed by atoms with E-state index in [1.54, 1.807) is 0 Å². The first-order chi connectivity index (χ1) is 12.3. The van der Waals surface area contributed by atoms with E-state index in [9.17, 15) is 0 Å². The van der Waals surface area contributed by atoms with Gasteiger partial charge in [0.1, 0.15) is 0 Å². The van der Waals surface area contributed by atoms with Gasteiger partial charge in [0, 0.05) is 25.0 Å². The highest BCUT2D eigenvalue weighted by atomic mass is 35.5. The first kappa shape index (κ1) is 18.4. The lowest BCUT2D eigenvalue weighted by atomic mass is 10.0. The molecule has 4 heteroatoms. The molecule has 1 fully saturated rings. The number of aromatic nitrogens is 1. The zero-order chi connectivity index (χ0) is 17.1. The molecule has 1 aliphatic heterocycles. The quantitative estimate of drug-likeness (QED) is 0.654. The van der Waals surface area contributed by atoms with E-state index in [2.05, 4.69) is 77.5 Å². The number of aryl methyl sites for hydroxylation is 1. The van der Waals surface area contributed by atoms with Gasteiger partial charge in [-0.1, -0.05) is 48.5 Å². The number of benzene rings is 2. The Morgan fingerprint density at radius 2 is 1.77 bits per heavy atom. The minimum atomic E-state index is 0. The van der Waals surface area contributed by atoms with Crippen molar-refractivity contribution in [3.05, 3.63) is 71.5 Å². The van der Waals surface area contributed by atoms with Crippen molar-refractivity contribution >= 4 is 41.0 Å². The average Bonchev–Trinajstić information content (AvgIpc) is 2.68. The van der Waals surface area contributed by atoms with E-state index in [-0.39, 0.29) is 12.4 Å². The maximum atomic E-state index is 5.47. The molecule has 4 rings (SSSR count). The summed E-state index contributed by atoms with van der Waals surface area (Å²) in [6.07, 6.45) is 6.22. The van der Waals surface area contributed by atoms with Gasteiger partial charge in [0.25, 0.3) is 0 Å². The number of nitrogens with zero attached hydrogens (tertiary/aromatic N) is 2. The predicted molar refractivity (Wildman–Crippen MR) is 112 cm³/mol. The Morgan fingerprint density at radius 3 is 2.62 bits per heavy atom. The predicted octanol–water partition coefficient (Wildman–Crippen LogP) is 4.97. The summed E-state index contributed by atoms with van der Waals surface area (Å²) in [7, 11) is 0. The Hall–Kier alpha value is -2.36. The van der Waals surface area contributed by atoms with Crippen LogP contribution in [0.15, 0.2) is 54.7 Å². The normalized spacial score (nSPS) is 14.6. The van der Waals surface area contributed by atoms with Crippen LogP contribution in [0, 0.1) is 6.92 Å². The van der Waals surface area contributed by atoms with Crippen LogP contribution in [0.3, 0.4) is 0 Å². The third-order valence-corrected chi connectivity index (χ3v) is 4.70. The zero-order valence-electron chi connectivity index (χ0n) is 14.9. The van der Waals surface area contributed by atoms with Gasteiger partial charge in [0.15, 0.2) is 0 Å². The molecule has 0 spiro atoms. The Labute approximate surface area is 160 Å². The third-order valence-electron chi connectivity index (χ3n) is 4.70. The van der Waals surface area contributed by atoms with Gasteiger partial charge in [0.05, 0.1) is 18.9 Å². The van der Waals surface area contributed by atoms with Gasteiger partial charge in [-0.3, -0.25) is 4.98 Å². The van der Waals surface area contributed by atoms with E-state index in [0.29, 0.717) is 0 Å². The van der Waals surface area contributed by atoms with Crippen molar-refractivity contribution in [2.75, 3.05) is 31.2 Å². The SMILES string of the molecule is Cc1cnc(C=Cc2cccc3ccccc23)cc1N1CCOCC1.Cl. The molecule has 3 nitrogen and oxygen atoms in total. The van der Waals surface area contributed by atoms with E-state index in [1.165, 1.54) is 27.6 Å². The van der Waals surface area contributed by atoms with Gasteiger partial charge in [-0.2, -0.15) is 0 Å². The molecule has 1 aromatic heterocycles. The standard InChI is InChI=1S/C22H22N2O.ClH/c1-17-16-23-20(15-22(17)24-11-13-25-14-12-24)10-9-19-7-4-6-18-5-2-3-8-21(18)19;/h2-10,15-16H,11-14H2,1H3;1H. The van der Waals surface area contributed by atoms with Crippen molar-refractivity contribution in [2.24, 2.45) is 0 Å². The Kier molecular flexibility index (Phi) is 5.92. The Bertz CT molecular complexity index is 912. The van der Waals surface area contributed by atoms with E-state index in [0.717, 1.165) is 32.0 Å². The largest absolute Gasteiger partial charge is 0.378 e. The number of fused-ring (bicyclic) bond motifs is 1. The molecule has 0 unspecified atom stereocenters. The van der Waals surface area contributed by atoms with E-state index in [4.69, 9.17) is 4.74 Å². The molecule has 134 valence electrons. The second kappa shape index (κ2) is 8.35. The van der Waals surface area contributed by atoms with Crippen LogP contribution in [0.5, 0.6) is 0 Å². The number of ether oxygens (including phenoxy) is 1. The molecule has 0 amide bonds. The van der Waals surface area contributed by atoms with Crippen LogP contribution in [0.1, 0.15) is 16.8 Å².